The van der Waals surface area contributed by atoms with Gasteiger partial charge in [0.15, 0.2) is 15.5 Å². The average molecular weight is 577 g/mol. The fraction of sp³-hybridized carbons (Fsp3) is 0.320. The minimum absolute atomic E-state index is 0.0123. The van der Waals surface area contributed by atoms with E-state index in [2.05, 4.69) is 30.2 Å². The molecule has 3 aliphatic rings. The molecule has 5 aromatic heterocycles. The van der Waals surface area contributed by atoms with E-state index in [1.165, 1.54) is 22.2 Å². The second kappa shape index (κ2) is 8.89. The van der Waals surface area contributed by atoms with Crippen molar-refractivity contribution in [1.82, 2.24) is 44.6 Å². The van der Waals surface area contributed by atoms with Crippen molar-refractivity contribution in [3.8, 4) is 21.8 Å². The number of anilines is 1. The van der Waals surface area contributed by atoms with Crippen molar-refractivity contribution in [2.24, 2.45) is 0 Å². The summed E-state index contributed by atoms with van der Waals surface area (Å²) in [7, 11) is -3.73. The van der Waals surface area contributed by atoms with E-state index in [9.17, 15) is 13.2 Å². The SMILES string of the molecule is Cc1csc(-c2ccc(-c3cnn4c(N)c(S(C)(=O)=O)c([C@H]5C[C@@H]6C[C@H](C5)N6C(=O)c5nnc[nH]5)nc34)cn2)n1. The fourth-order valence-corrected chi connectivity index (χ4v) is 7.72. The first-order valence-electron chi connectivity index (χ1n) is 12.6. The normalized spacial score (nSPS) is 20.6. The number of rotatable bonds is 5. The molecule has 3 N–H and O–H groups in total. The van der Waals surface area contributed by atoms with Crippen LogP contribution in [0, 0.1) is 6.92 Å². The van der Waals surface area contributed by atoms with Crippen LogP contribution in [-0.2, 0) is 9.84 Å². The number of sulfone groups is 1. The van der Waals surface area contributed by atoms with Crippen LogP contribution in [0.2, 0.25) is 0 Å². The average Bonchev–Trinajstić information content (AvgIpc) is 3.69. The maximum Gasteiger partial charge on any atom is 0.292 e. The molecule has 3 fully saturated rings. The summed E-state index contributed by atoms with van der Waals surface area (Å²) in [6.45, 7) is 1.94. The van der Waals surface area contributed by atoms with Gasteiger partial charge in [0.2, 0.25) is 5.82 Å². The first-order chi connectivity index (χ1) is 19.2. The number of carbonyl (C=O) groups excluding carboxylic acids is 1. The predicted octanol–water partition coefficient (Wildman–Crippen LogP) is 2.49. The highest BCUT2D eigenvalue weighted by Gasteiger charge is 2.50. The van der Waals surface area contributed by atoms with Gasteiger partial charge in [0.25, 0.3) is 5.91 Å². The topological polar surface area (TPSA) is 178 Å². The van der Waals surface area contributed by atoms with Gasteiger partial charge in [-0.2, -0.15) is 9.61 Å². The number of hydrogen-bond acceptors (Lipinski definition) is 11. The van der Waals surface area contributed by atoms with Crippen molar-refractivity contribution >= 4 is 38.5 Å². The van der Waals surface area contributed by atoms with E-state index in [1.54, 1.807) is 17.3 Å². The number of pyridine rings is 1. The van der Waals surface area contributed by atoms with E-state index in [0.29, 0.717) is 29.7 Å². The van der Waals surface area contributed by atoms with Crippen LogP contribution >= 0.6 is 11.3 Å². The molecule has 7 heterocycles. The lowest BCUT2D eigenvalue weighted by molar-refractivity contribution is -0.0205. The first-order valence-corrected chi connectivity index (χ1v) is 15.4. The van der Waals surface area contributed by atoms with Gasteiger partial charge < -0.3 is 15.6 Å². The lowest BCUT2D eigenvalue weighted by Gasteiger charge is -2.55. The molecule has 1 amide bonds. The number of piperidine rings is 1. The van der Waals surface area contributed by atoms with Gasteiger partial charge in [-0.1, -0.05) is 6.07 Å². The van der Waals surface area contributed by atoms with Crippen molar-refractivity contribution in [2.75, 3.05) is 12.0 Å². The zero-order valence-corrected chi connectivity index (χ0v) is 23.1. The molecule has 40 heavy (non-hydrogen) atoms. The smallest absolute Gasteiger partial charge is 0.292 e. The van der Waals surface area contributed by atoms with Crippen LogP contribution in [0.1, 0.15) is 47.2 Å². The number of hydrogen-bond donors (Lipinski definition) is 2. The highest BCUT2D eigenvalue weighted by Crippen LogP contribution is 2.47. The zero-order chi connectivity index (χ0) is 27.8. The van der Waals surface area contributed by atoms with Crippen molar-refractivity contribution < 1.29 is 13.2 Å². The van der Waals surface area contributed by atoms with E-state index >= 15 is 0 Å². The molecule has 0 aromatic carbocycles. The van der Waals surface area contributed by atoms with E-state index in [0.717, 1.165) is 34.6 Å². The maximum absolute atomic E-state index is 13.0. The van der Waals surface area contributed by atoms with Crippen molar-refractivity contribution in [3.05, 3.63) is 53.4 Å². The lowest BCUT2D eigenvalue weighted by atomic mass is 9.72. The number of aromatic nitrogens is 8. The maximum atomic E-state index is 13.0. The first kappa shape index (κ1) is 24.8. The predicted molar refractivity (Wildman–Crippen MR) is 146 cm³/mol. The van der Waals surface area contributed by atoms with Crippen molar-refractivity contribution in [3.63, 3.8) is 0 Å². The Morgan fingerprint density at radius 3 is 2.58 bits per heavy atom. The van der Waals surface area contributed by atoms with Crippen molar-refractivity contribution in [1.29, 1.82) is 0 Å². The Morgan fingerprint density at radius 2 is 1.95 bits per heavy atom. The number of nitrogens with zero attached hydrogens (tertiary/aromatic N) is 8. The molecule has 0 radical (unpaired) electrons. The molecular formula is C25H24N10O3S2. The summed E-state index contributed by atoms with van der Waals surface area (Å²) in [6, 6.07) is 3.70. The summed E-state index contributed by atoms with van der Waals surface area (Å²) in [5.74, 6) is -0.186. The van der Waals surface area contributed by atoms with Gasteiger partial charge in [0, 0.05) is 52.7 Å². The van der Waals surface area contributed by atoms with Gasteiger partial charge in [0.05, 0.1) is 17.6 Å². The van der Waals surface area contributed by atoms with Crippen LogP contribution in [0.15, 0.2) is 41.1 Å². The molecular weight excluding hydrogens is 552 g/mol. The molecule has 0 unspecified atom stereocenters. The van der Waals surface area contributed by atoms with Crippen LogP contribution in [-0.4, -0.2) is 77.3 Å². The highest BCUT2D eigenvalue weighted by molar-refractivity contribution is 7.91. The molecule has 3 atom stereocenters. The van der Waals surface area contributed by atoms with Gasteiger partial charge in [-0.05, 0) is 32.3 Å². The monoisotopic (exact) mass is 576 g/mol. The van der Waals surface area contributed by atoms with Gasteiger partial charge >= 0.3 is 0 Å². The molecule has 2 aliphatic heterocycles. The van der Waals surface area contributed by atoms with Gasteiger partial charge in [-0.3, -0.25) is 9.78 Å². The minimum Gasteiger partial charge on any atom is -0.382 e. The zero-order valence-electron chi connectivity index (χ0n) is 21.5. The van der Waals surface area contributed by atoms with Gasteiger partial charge in [-0.25, -0.2) is 18.4 Å². The number of amides is 1. The fourth-order valence-electron chi connectivity index (χ4n) is 5.89. The van der Waals surface area contributed by atoms with Gasteiger partial charge in [0.1, 0.15) is 22.0 Å². The Labute approximate surface area is 232 Å². The van der Waals surface area contributed by atoms with Crippen LogP contribution in [0.3, 0.4) is 0 Å². The molecule has 2 bridgehead atoms. The third-order valence-electron chi connectivity index (χ3n) is 7.63. The molecule has 1 aliphatic carbocycles. The summed E-state index contributed by atoms with van der Waals surface area (Å²) in [4.78, 5) is 31.5. The van der Waals surface area contributed by atoms with Gasteiger partial charge in [-0.15, -0.1) is 21.5 Å². The number of nitrogens with one attached hydrogen (secondary N) is 1. The van der Waals surface area contributed by atoms with E-state index in [4.69, 9.17) is 10.7 Å². The minimum atomic E-state index is -3.73. The number of aryl methyl sites for hydroxylation is 1. The lowest BCUT2D eigenvalue weighted by Crippen LogP contribution is -2.62. The number of nitrogens with two attached hydrogens (primary N) is 1. The number of aromatic amines is 1. The molecule has 204 valence electrons. The summed E-state index contributed by atoms with van der Waals surface area (Å²) < 4.78 is 27.3. The third kappa shape index (κ3) is 3.87. The number of nitrogen functional groups attached to an aromatic ring is 1. The molecule has 8 rings (SSSR count). The van der Waals surface area contributed by atoms with E-state index in [-0.39, 0.29) is 40.4 Å². The Bertz CT molecular complexity index is 1870. The molecule has 13 nitrogen and oxygen atoms in total. The second-order valence-electron chi connectivity index (χ2n) is 10.3. The quantitative estimate of drug-likeness (QED) is 0.316. The standard InChI is InChI=1S/C25H24N10O3S2/c1-12-10-39-24(31-12)18-4-3-13(8-27-18)17-9-30-35-21(26)20(40(2,37)38)19(32-23(17)35)14-5-15-7-16(6-14)34(15)25(36)22-28-11-29-33-22/h3-4,8-11,14-16H,5-7,26H2,1-2H3,(H,28,29,33)/t14-,15+,16-. The highest BCUT2D eigenvalue weighted by atomic mass is 32.2. The third-order valence-corrected chi connectivity index (χ3v) is 9.77. The summed E-state index contributed by atoms with van der Waals surface area (Å²) in [5, 5.41) is 14.7. The van der Waals surface area contributed by atoms with Crippen LogP contribution in [0.4, 0.5) is 5.82 Å². The molecule has 5 aromatic rings. The number of fused-ring (bicyclic) bond motifs is 3. The number of carbonyl (C=O) groups is 1. The summed E-state index contributed by atoms with van der Waals surface area (Å²) in [5.41, 5.74) is 10.5. The Morgan fingerprint density at radius 1 is 1.15 bits per heavy atom. The number of H-pyrrole nitrogens is 1. The van der Waals surface area contributed by atoms with Crippen LogP contribution < -0.4 is 5.73 Å². The second-order valence-corrected chi connectivity index (χ2v) is 13.1. The Hall–Kier alpha value is -4.24. The molecule has 15 heteroatoms. The Kier molecular flexibility index (Phi) is 5.51. The number of thiazole rings is 1. The van der Waals surface area contributed by atoms with Crippen LogP contribution in [0.25, 0.3) is 27.5 Å². The summed E-state index contributed by atoms with van der Waals surface area (Å²) in [6.07, 6.45) is 7.83. The van der Waals surface area contributed by atoms with Crippen LogP contribution in [0.5, 0.6) is 0 Å². The van der Waals surface area contributed by atoms with E-state index < -0.39 is 9.84 Å². The largest absolute Gasteiger partial charge is 0.382 e. The van der Waals surface area contributed by atoms with E-state index in [1.807, 2.05) is 24.4 Å². The van der Waals surface area contributed by atoms with Crippen molar-refractivity contribution in [2.45, 2.75) is 49.1 Å². The Balaban J connectivity index is 1.27. The molecule has 1 saturated carbocycles. The molecule has 0 spiro atoms. The summed E-state index contributed by atoms with van der Waals surface area (Å²) >= 11 is 1.53. The molecule has 2 saturated heterocycles.